The molecule has 0 aliphatic carbocycles. The summed E-state index contributed by atoms with van der Waals surface area (Å²) < 4.78 is 25.3. The van der Waals surface area contributed by atoms with E-state index in [0.29, 0.717) is 12.1 Å². The minimum absolute atomic E-state index is 0.193. The van der Waals surface area contributed by atoms with Crippen LogP contribution in [0.2, 0.25) is 0 Å². The van der Waals surface area contributed by atoms with Crippen LogP contribution in [0.5, 0.6) is 0 Å². The van der Waals surface area contributed by atoms with Crippen molar-refractivity contribution in [3.8, 4) is 0 Å². The summed E-state index contributed by atoms with van der Waals surface area (Å²) in [7, 11) is -0.480. The first kappa shape index (κ1) is 19.1. The van der Waals surface area contributed by atoms with Gasteiger partial charge in [-0.25, -0.2) is 12.7 Å². The summed E-state index contributed by atoms with van der Waals surface area (Å²) in [5.74, 6) is -0.193. The van der Waals surface area contributed by atoms with E-state index in [-0.39, 0.29) is 16.8 Å². The number of nitrogens with two attached hydrogens (primary N) is 1. The summed E-state index contributed by atoms with van der Waals surface area (Å²) in [5, 5.41) is 2.90. The van der Waals surface area contributed by atoms with Crippen molar-refractivity contribution < 1.29 is 13.2 Å². The molecule has 0 spiro atoms. The summed E-state index contributed by atoms with van der Waals surface area (Å²) >= 11 is 0. The second kappa shape index (κ2) is 7.77. The molecule has 0 saturated heterocycles. The standard InChI is InChI=1S/C18H23N3O3S/c1-13(20-18(22)16-6-4-14(12-19)5-7-16)15-8-10-17(11-9-15)25(23,24)21(2)3/h4-11,13H,12,19H2,1-3H3,(H,20,22). The molecule has 3 N–H and O–H groups in total. The Balaban J connectivity index is 2.10. The fourth-order valence-corrected chi connectivity index (χ4v) is 3.20. The lowest BCUT2D eigenvalue weighted by molar-refractivity contribution is 0.0940. The number of benzene rings is 2. The van der Waals surface area contributed by atoms with E-state index in [1.165, 1.54) is 14.1 Å². The minimum atomic E-state index is -3.46. The number of hydrogen-bond donors (Lipinski definition) is 2. The number of nitrogens with one attached hydrogen (secondary N) is 1. The molecule has 0 heterocycles. The summed E-state index contributed by atoms with van der Waals surface area (Å²) in [5.41, 5.74) is 7.88. The number of amides is 1. The van der Waals surface area contributed by atoms with E-state index < -0.39 is 10.0 Å². The monoisotopic (exact) mass is 361 g/mol. The zero-order valence-electron chi connectivity index (χ0n) is 14.6. The van der Waals surface area contributed by atoms with E-state index in [4.69, 9.17) is 5.73 Å². The number of nitrogens with zero attached hydrogens (tertiary/aromatic N) is 1. The van der Waals surface area contributed by atoms with E-state index >= 15 is 0 Å². The molecule has 2 aromatic carbocycles. The van der Waals surface area contributed by atoms with E-state index in [2.05, 4.69) is 5.32 Å². The number of carbonyl (C=O) groups is 1. The quantitative estimate of drug-likeness (QED) is 0.822. The van der Waals surface area contributed by atoms with Crippen molar-refractivity contribution >= 4 is 15.9 Å². The van der Waals surface area contributed by atoms with Gasteiger partial charge in [0, 0.05) is 26.2 Å². The van der Waals surface area contributed by atoms with Gasteiger partial charge in [-0.2, -0.15) is 0 Å². The van der Waals surface area contributed by atoms with Crippen molar-refractivity contribution in [2.24, 2.45) is 5.73 Å². The van der Waals surface area contributed by atoms with Gasteiger partial charge in [-0.1, -0.05) is 24.3 Å². The Morgan fingerprint density at radius 1 is 1.08 bits per heavy atom. The highest BCUT2D eigenvalue weighted by atomic mass is 32.2. The molecule has 0 aliphatic rings. The molecule has 7 heteroatoms. The SMILES string of the molecule is CC(NC(=O)c1ccc(CN)cc1)c1ccc(S(=O)(=O)N(C)C)cc1. The van der Waals surface area contributed by atoms with Crippen LogP contribution >= 0.6 is 0 Å². The molecule has 0 radical (unpaired) electrons. The fraction of sp³-hybridized carbons (Fsp3) is 0.278. The first-order valence-electron chi connectivity index (χ1n) is 7.88. The van der Waals surface area contributed by atoms with Gasteiger partial charge < -0.3 is 11.1 Å². The average molecular weight is 361 g/mol. The van der Waals surface area contributed by atoms with Gasteiger partial charge in [-0.3, -0.25) is 4.79 Å². The van der Waals surface area contributed by atoms with Crippen LogP contribution in [0, 0.1) is 0 Å². The molecule has 0 fully saturated rings. The van der Waals surface area contributed by atoms with Crippen LogP contribution in [0.15, 0.2) is 53.4 Å². The Labute approximate surface area is 148 Å². The summed E-state index contributed by atoms with van der Waals surface area (Å²) in [4.78, 5) is 12.5. The van der Waals surface area contributed by atoms with Gasteiger partial charge in [-0.15, -0.1) is 0 Å². The van der Waals surface area contributed by atoms with E-state index in [0.717, 1.165) is 15.4 Å². The van der Waals surface area contributed by atoms with Gasteiger partial charge >= 0.3 is 0 Å². The van der Waals surface area contributed by atoms with Crippen LogP contribution in [0.4, 0.5) is 0 Å². The smallest absolute Gasteiger partial charge is 0.251 e. The van der Waals surface area contributed by atoms with Crippen molar-refractivity contribution in [2.45, 2.75) is 24.4 Å². The molecular weight excluding hydrogens is 338 g/mol. The van der Waals surface area contributed by atoms with Gasteiger partial charge in [0.1, 0.15) is 0 Å². The second-order valence-corrected chi connectivity index (χ2v) is 8.10. The van der Waals surface area contributed by atoms with Crippen molar-refractivity contribution in [3.63, 3.8) is 0 Å². The third-order valence-corrected chi connectivity index (χ3v) is 5.79. The Morgan fingerprint density at radius 3 is 2.12 bits per heavy atom. The summed E-state index contributed by atoms with van der Waals surface area (Å²) in [6, 6.07) is 13.4. The Hall–Kier alpha value is -2.22. The minimum Gasteiger partial charge on any atom is -0.346 e. The highest BCUT2D eigenvalue weighted by molar-refractivity contribution is 7.89. The second-order valence-electron chi connectivity index (χ2n) is 5.95. The van der Waals surface area contributed by atoms with Crippen LogP contribution in [0.3, 0.4) is 0 Å². The van der Waals surface area contributed by atoms with Crippen molar-refractivity contribution in [1.29, 1.82) is 0 Å². The first-order chi connectivity index (χ1) is 11.8. The lowest BCUT2D eigenvalue weighted by atomic mass is 10.1. The number of hydrogen-bond acceptors (Lipinski definition) is 4. The maximum Gasteiger partial charge on any atom is 0.251 e. The van der Waals surface area contributed by atoms with Gasteiger partial charge in [-0.05, 0) is 42.3 Å². The first-order valence-corrected chi connectivity index (χ1v) is 9.32. The van der Waals surface area contributed by atoms with Crippen LogP contribution < -0.4 is 11.1 Å². The molecule has 25 heavy (non-hydrogen) atoms. The molecule has 1 unspecified atom stereocenters. The average Bonchev–Trinajstić information content (AvgIpc) is 2.61. The molecule has 2 aromatic rings. The van der Waals surface area contributed by atoms with Crippen molar-refractivity contribution in [2.75, 3.05) is 14.1 Å². The molecule has 2 rings (SSSR count). The Kier molecular flexibility index (Phi) is 5.94. The zero-order valence-corrected chi connectivity index (χ0v) is 15.4. The Morgan fingerprint density at radius 2 is 1.64 bits per heavy atom. The van der Waals surface area contributed by atoms with E-state index in [1.807, 2.05) is 19.1 Å². The summed E-state index contributed by atoms with van der Waals surface area (Å²) in [6.45, 7) is 2.28. The number of sulfonamides is 1. The Bertz CT molecular complexity index is 829. The van der Waals surface area contributed by atoms with Gasteiger partial charge in [0.2, 0.25) is 10.0 Å². The third-order valence-electron chi connectivity index (χ3n) is 3.96. The predicted molar refractivity (Wildman–Crippen MR) is 97.5 cm³/mol. The topological polar surface area (TPSA) is 92.5 Å². The van der Waals surface area contributed by atoms with Gasteiger partial charge in [0.25, 0.3) is 5.91 Å². The number of rotatable bonds is 6. The highest BCUT2D eigenvalue weighted by Gasteiger charge is 2.18. The van der Waals surface area contributed by atoms with E-state index in [1.54, 1.807) is 36.4 Å². The normalized spacial score (nSPS) is 12.8. The van der Waals surface area contributed by atoms with E-state index in [9.17, 15) is 13.2 Å². The molecule has 0 saturated carbocycles. The van der Waals surface area contributed by atoms with Gasteiger partial charge in [0.15, 0.2) is 0 Å². The molecule has 1 amide bonds. The molecular formula is C18H23N3O3S. The zero-order chi connectivity index (χ0) is 18.6. The molecule has 0 bridgehead atoms. The molecule has 1 atom stereocenters. The van der Waals surface area contributed by atoms with Crippen LogP contribution in [-0.4, -0.2) is 32.7 Å². The fourth-order valence-electron chi connectivity index (χ4n) is 2.29. The van der Waals surface area contributed by atoms with Crippen molar-refractivity contribution in [3.05, 3.63) is 65.2 Å². The number of carbonyl (C=O) groups excluding carboxylic acids is 1. The summed E-state index contributed by atoms with van der Waals surface area (Å²) in [6.07, 6.45) is 0. The molecule has 6 nitrogen and oxygen atoms in total. The molecule has 0 aromatic heterocycles. The van der Waals surface area contributed by atoms with Crippen LogP contribution in [-0.2, 0) is 16.6 Å². The highest BCUT2D eigenvalue weighted by Crippen LogP contribution is 2.18. The van der Waals surface area contributed by atoms with Gasteiger partial charge in [0.05, 0.1) is 10.9 Å². The lowest BCUT2D eigenvalue weighted by Gasteiger charge is -2.16. The van der Waals surface area contributed by atoms with Crippen molar-refractivity contribution in [1.82, 2.24) is 9.62 Å². The maximum absolute atomic E-state index is 12.3. The predicted octanol–water partition coefficient (Wildman–Crippen LogP) is 1.89. The van der Waals surface area contributed by atoms with Crippen LogP contribution in [0.25, 0.3) is 0 Å². The molecule has 0 aliphatic heterocycles. The maximum atomic E-state index is 12.3. The molecule has 134 valence electrons. The third kappa shape index (κ3) is 4.45. The van der Waals surface area contributed by atoms with Crippen LogP contribution in [0.1, 0.15) is 34.5 Å². The largest absolute Gasteiger partial charge is 0.346 e. The lowest BCUT2D eigenvalue weighted by Crippen LogP contribution is -2.27.